The molecule has 1 amide bonds. The van der Waals surface area contributed by atoms with Gasteiger partial charge >= 0.3 is 6.18 Å². The number of hydrogen-bond acceptors (Lipinski definition) is 3. The monoisotopic (exact) mass is 348 g/mol. The SMILES string of the molecule is Cc1ccc2c(CC(=O)Nc3ccc(C(F)(F)F)cn3)coc2c1C. The summed E-state index contributed by atoms with van der Waals surface area (Å²) in [7, 11) is 0. The van der Waals surface area contributed by atoms with Crippen LogP contribution in [0, 0.1) is 13.8 Å². The molecule has 130 valence electrons. The number of nitrogens with zero attached hydrogens (tertiary/aromatic N) is 1. The second-order valence-corrected chi connectivity index (χ2v) is 5.80. The van der Waals surface area contributed by atoms with E-state index < -0.39 is 11.7 Å². The van der Waals surface area contributed by atoms with E-state index in [4.69, 9.17) is 4.42 Å². The van der Waals surface area contributed by atoms with Crippen LogP contribution in [0.15, 0.2) is 41.1 Å². The van der Waals surface area contributed by atoms with Crippen LogP contribution in [-0.4, -0.2) is 10.9 Å². The highest BCUT2D eigenvalue weighted by Crippen LogP contribution is 2.29. The van der Waals surface area contributed by atoms with Crippen molar-refractivity contribution in [2.75, 3.05) is 5.32 Å². The summed E-state index contributed by atoms with van der Waals surface area (Å²) >= 11 is 0. The molecule has 0 spiro atoms. The van der Waals surface area contributed by atoms with Gasteiger partial charge in [-0.1, -0.05) is 12.1 Å². The average molecular weight is 348 g/mol. The molecule has 25 heavy (non-hydrogen) atoms. The van der Waals surface area contributed by atoms with Gasteiger partial charge in [0.1, 0.15) is 11.4 Å². The number of carbonyl (C=O) groups excluding carboxylic acids is 1. The lowest BCUT2D eigenvalue weighted by Gasteiger charge is -2.07. The maximum Gasteiger partial charge on any atom is 0.417 e. The number of rotatable bonds is 3. The number of nitrogens with one attached hydrogen (secondary N) is 1. The van der Waals surface area contributed by atoms with Crippen molar-refractivity contribution < 1.29 is 22.4 Å². The molecular weight excluding hydrogens is 333 g/mol. The van der Waals surface area contributed by atoms with Crippen LogP contribution >= 0.6 is 0 Å². The predicted octanol–water partition coefficient (Wildman–Crippen LogP) is 4.64. The fourth-order valence-corrected chi connectivity index (χ4v) is 2.52. The van der Waals surface area contributed by atoms with E-state index in [1.807, 2.05) is 26.0 Å². The number of alkyl halides is 3. The fraction of sp³-hybridized carbons (Fsp3) is 0.222. The molecule has 2 aromatic heterocycles. The van der Waals surface area contributed by atoms with E-state index in [0.717, 1.165) is 34.2 Å². The zero-order valence-electron chi connectivity index (χ0n) is 13.6. The van der Waals surface area contributed by atoms with Crippen LogP contribution in [0.5, 0.6) is 0 Å². The van der Waals surface area contributed by atoms with Crippen LogP contribution < -0.4 is 5.32 Å². The first-order chi connectivity index (χ1) is 11.8. The Kier molecular flexibility index (Phi) is 4.24. The highest BCUT2D eigenvalue weighted by atomic mass is 19.4. The van der Waals surface area contributed by atoms with Crippen LogP contribution in [0.1, 0.15) is 22.3 Å². The second-order valence-electron chi connectivity index (χ2n) is 5.80. The minimum Gasteiger partial charge on any atom is -0.464 e. The molecule has 0 bridgehead atoms. The lowest BCUT2D eigenvalue weighted by atomic mass is 10.0. The Morgan fingerprint density at radius 3 is 2.60 bits per heavy atom. The first-order valence-electron chi connectivity index (χ1n) is 7.55. The lowest BCUT2D eigenvalue weighted by molar-refractivity contribution is -0.137. The number of carbonyl (C=O) groups is 1. The zero-order valence-corrected chi connectivity index (χ0v) is 13.6. The number of halogens is 3. The minimum atomic E-state index is -4.46. The quantitative estimate of drug-likeness (QED) is 0.750. The molecule has 1 aromatic carbocycles. The zero-order chi connectivity index (χ0) is 18.2. The Labute approximate surface area is 141 Å². The van der Waals surface area contributed by atoms with Crippen molar-refractivity contribution in [1.82, 2.24) is 4.98 Å². The summed E-state index contributed by atoms with van der Waals surface area (Å²) in [6.07, 6.45) is -2.20. The topological polar surface area (TPSA) is 55.1 Å². The molecule has 2 heterocycles. The summed E-state index contributed by atoms with van der Waals surface area (Å²) in [5.74, 6) is -0.314. The van der Waals surface area contributed by atoms with E-state index in [1.165, 1.54) is 6.26 Å². The van der Waals surface area contributed by atoms with E-state index in [9.17, 15) is 18.0 Å². The smallest absolute Gasteiger partial charge is 0.417 e. The van der Waals surface area contributed by atoms with Crippen molar-refractivity contribution in [1.29, 1.82) is 0 Å². The average Bonchev–Trinajstić information content (AvgIpc) is 2.94. The Morgan fingerprint density at radius 2 is 1.96 bits per heavy atom. The maximum absolute atomic E-state index is 12.5. The summed E-state index contributed by atoms with van der Waals surface area (Å²) in [6.45, 7) is 3.91. The van der Waals surface area contributed by atoms with Crippen LogP contribution in [0.25, 0.3) is 11.0 Å². The van der Waals surface area contributed by atoms with E-state index in [-0.39, 0.29) is 18.1 Å². The van der Waals surface area contributed by atoms with Gasteiger partial charge in [-0.3, -0.25) is 4.79 Å². The van der Waals surface area contributed by atoms with E-state index in [2.05, 4.69) is 10.3 Å². The van der Waals surface area contributed by atoms with Gasteiger partial charge in [0.05, 0.1) is 18.2 Å². The molecule has 0 aliphatic rings. The number of aryl methyl sites for hydroxylation is 2. The van der Waals surface area contributed by atoms with E-state index in [1.54, 1.807) is 0 Å². The molecule has 0 fully saturated rings. The Balaban J connectivity index is 1.74. The summed E-state index contributed by atoms with van der Waals surface area (Å²) < 4.78 is 43.1. The van der Waals surface area contributed by atoms with Crippen molar-refractivity contribution >= 4 is 22.7 Å². The number of amides is 1. The molecule has 0 saturated carbocycles. The number of hydrogen-bond donors (Lipinski definition) is 1. The molecule has 7 heteroatoms. The first kappa shape index (κ1) is 17.0. The Hall–Kier alpha value is -2.83. The van der Waals surface area contributed by atoms with Gasteiger partial charge in [0.2, 0.25) is 5.91 Å². The summed E-state index contributed by atoms with van der Waals surface area (Å²) in [6, 6.07) is 5.84. The minimum absolute atomic E-state index is 0.0399. The van der Waals surface area contributed by atoms with Crippen LogP contribution in [0.3, 0.4) is 0 Å². The van der Waals surface area contributed by atoms with Crippen molar-refractivity contribution in [2.24, 2.45) is 0 Å². The van der Waals surface area contributed by atoms with Crippen molar-refractivity contribution in [2.45, 2.75) is 26.4 Å². The molecule has 0 saturated heterocycles. The van der Waals surface area contributed by atoms with Gasteiger partial charge in [0, 0.05) is 17.1 Å². The summed E-state index contributed by atoms with van der Waals surface area (Å²) in [4.78, 5) is 15.8. The molecule has 0 radical (unpaired) electrons. The van der Waals surface area contributed by atoms with Gasteiger partial charge in [-0.05, 0) is 37.1 Å². The number of fused-ring (bicyclic) bond motifs is 1. The van der Waals surface area contributed by atoms with Gasteiger partial charge in [0.25, 0.3) is 0 Å². The van der Waals surface area contributed by atoms with Crippen molar-refractivity contribution in [3.63, 3.8) is 0 Å². The summed E-state index contributed by atoms with van der Waals surface area (Å²) in [5, 5.41) is 3.34. The molecular formula is C18H15F3N2O2. The number of furan rings is 1. The number of benzene rings is 1. The Morgan fingerprint density at radius 1 is 1.20 bits per heavy atom. The number of anilines is 1. The predicted molar refractivity (Wildman–Crippen MR) is 87.3 cm³/mol. The summed E-state index contributed by atoms with van der Waals surface area (Å²) in [5.41, 5.74) is 2.68. The van der Waals surface area contributed by atoms with Crippen molar-refractivity contribution in [3.8, 4) is 0 Å². The largest absolute Gasteiger partial charge is 0.464 e. The van der Waals surface area contributed by atoms with Crippen LogP contribution in [0.4, 0.5) is 19.0 Å². The van der Waals surface area contributed by atoms with Gasteiger partial charge in [-0.15, -0.1) is 0 Å². The molecule has 0 aliphatic heterocycles. The van der Waals surface area contributed by atoms with Crippen molar-refractivity contribution in [3.05, 3.63) is 59.0 Å². The normalized spacial score (nSPS) is 11.7. The maximum atomic E-state index is 12.5. The van der Waals surface area contributed by atoms with E-state index >= 15 is 0 Å². The molecule has 4 nitrogen and oxygen atoms in total. The molecule has 3 rings (SSSR count). The highest BCUT2D eigenvalue weighted by molar-refractivity contribution is 5.95. The van der Waals surface area contributed by atoms with Crippen LogP contribution in [0.2, 0.25) is 0 Å². The first-order valence-corrected chi connectivity index (χ1v) is 7.55. The third-order valence-electron chi connectivity index (χ3n) is 4.05. The second kappa shape index (κ2) is 6.23. The van der Waals surface area contributed by atoms with Gasteiger partial charge in [-0.25, -0.2) is 4.98 Å². The van der Waals surface area contributed by atoms with Gasteiger partial charge in [0.15, 0.2) is 0 Å². The fourth-order valence-electron chi connectivity index (χ4n) is 2.52. The third-order valence-corrected chi connectivity index (χ3v) is 4.05. The molecule has 3 aromatic rings. The third kappa shape index (κ3) is 3.50. The standard InChI is InChI=1S/C18H15F3N2O2/c1-10-3-5-14-12(9-25-17(14)11(10)2)7-16(24)23-15-6-4-13(8-22-15)18(19,20)21/h3-6,8-9H,7H2,1-2H3,(H,22,23,24). The molecule has 0 unspecified atom stereocenters. The van der Waals surface area contributed by atoms with Crippen LogP contribution in [-0.2, 0) is 17.4 Å². The van der Waals surface area contributed by atoms with Gasteiger partial charge in [-0.2, -0.15) is 13.2 Å². The number of pyridine rings is 1. The van der Waals surface area contributed by atoms with Gasteiger partial charge < -0.3 is 9.73 Å². The lowest BCUT2D eigenvalue weighted by Crippen LogP contribution is -2.15. The number of aromatic nitrogens is 1. The van der Waals surface area contributed by atoms with E-state index in [0.29, 0.717) is 11.8 Å². The highest BCUT2D eigenvalue weighted by Gasteiger charge is 2.30. The molecule has 1 N–H and O–H groups in total. The molecule has 0 aliphatic carbocycles. The Bertz CT molecular complexity index is 928. The molecule has 0 atom stereocenters.